The van der Waals surface area contributed by atoms with Crippen molar-refractivity contribution in [1.82, 2.24) is 0 Å². The van der Waals surface area contributed by atoms with Gasteiger partial charge in [0.15, 0.2) is 18.2 Å². The molecule has 256 valence electrons. The van der Waals surface area contributed by atoms with Crippen LogP contribution in [0.15, 0.2) is 51.2 Å². The van der Waals surface area contributed by atoms with E-state index in [0.717, 1.165) is 11.6 Å². The predicted molar refractivity (Wildman–Crippen MR) is 162 cm³/mol. The van der Waals surface area contributed by atoms with Crippen LogP contribution in [0.1, 0.15) is 26.3 Å². The smallest absolute Gasteiger partial charge is 0.239 e. The van der Waals surface area contributed by atoms with Gasteiger partial charge >= 0.3 is 0 Å². The number of phenols is 3. The Morgan fingerprint density at radius 3 is 2.19 bits per heavy atom. The number of benzene rings is 2. The second-order valence-electron chi connectivity index (χ2n) is 11.8. The first-order chi connectivity index (χ1) is 22.2. The van der Waals surface area contributed by atoms with Crippen molar-refractivity contribution < 1.29 is 69.3 Å². The minimum Gasteiger partial charge on any atom is -0.508 e. The zero-order valence-electron chi connectivity index (χ0n) is 25.6. The monoisotopic (exact) mass is 662 g/mol. The molecule has 1 aromatic heterocycles. The van der Waals surface area contributed by atoms with Crippen LogP contribution in [-0.4, -0.2) is 114 Å². The standard InChI is InChI=1S/C32H38O15/c1-12(2)4-9-16-17(35)10-18(36)20-23(39)29(27(45-28(16)20)14-5-7-15(34)8-6-14)46-32-30(25(41)21(37)13(3)43-32)47-31-26(42)24(40)22(38)19(11-33)44-31/h4-8,10,13,19,21-22,24-26,30-38,40-42H,9,11H2,1-3H3/t13?,19?,21-,22+,24?,25?,26+,30-,31-,32-/m0/s1. The van der Waals surface area contributed by atoms with Gasteiger partial charge in [0.05, 0.1) is 12.7 Å². The van der Waals surface area contributed by atoms with Crippen LogP contribution in [0.25, 0.3) is 22.3 Å². The normalized spacial score (nSPS) is 31.1. The lowest BCUT2D eigenvalue weighted by Gasteiger charge is -2.45. The van der Waals surface area contributed by atoms with Crippen molar-refractivity contribution >= 4 is 11.0 Å². The lowest BCUT2D eigenvalue weighted by atomic mass is 9.97. The Labute approximate surface area is 267 Å². The third kappa shape index (κ3) is 6.67. The van der Waals surface area contributed by atoms with E-state index in [2.05, 4.69) is 0 Å². The number of ether oxygens (including phenoxy) is 4. The molecule has 3 aromatic rings. The molecule has 0 aliphatic carbocycles. The van der Waals surface area contributed by atoms with Crippen molar-refractivity contribution in [3.8, 4) is 34.3 Å². The van der Waals surface area contributed by atoms with Crippen molar-refractivity contribution in [2.45, 2.75) is 88.6 Å². The first-order valence-corrected chi connectivity index (χ1v) is 14.8. The van der Waals surface area contributed by atoms with Crippen molar-refractivity contribution in [2.75, 3.05) is 6.61 Å². The summed E-state index contributed by atoms with van der Waals surface area (Å²) in [5.41, 5.74) is 0.231. The van der Waals surface area contributed by atoms with Crippen molar-refractivity contribution in [3.05, 3.63) is 57.8 Å². The summed E-state index contributed by atoms with van der Waals surface area (Å²) in [4.78, 5) is 14.2. The van der Waals surface area contributed by atoms with Crippen molar-refractivity contribution in [3.63, 3.8) is 0 Å². The fourth-order valence-electron chi connectivity index (χ4n) is 5.48. The molecular weight excluding hydrogens is 624 g/mol. The first-order valence-electron chi connectivity index (χ1n) is 14.8. The fraction of sp³-hybridized carbons (Fsp3) is 0.469. The Bertz CT molecular complexity index is 1660. The molecule has 3 heterocycles. The van der Waals surface area contributed by atoms with E-state index in [0.29, 0.717) is 0 Å². The molecule has 2 aliphatic heterocycles. The Kier molecular flexibility index (Phi) is 10.1. The van der Waals surface area contributed by atoms with E-state index >= 15 is 0 Å². The van der Waals surface area contributed by atoms with Crippen LogP contribution in [0.4, 0.5) is 0 Å². The number of rotatable bonds is 8. The highest BCUT2D eigenvalue weighted by molar-refractivity contribution is 5.91. The SMILES string of the molecule is CC(C)=CCc1c(O)cc(O)c2c(=O)c(O[C@@H]3OC(C)[C@H](O)C(O)[C@@H]3O[C@@H]3OC(CO)[C@@H](O)C(O)[C@H]3O)c(-c3ccc(O)cc3)oc12. The second kappa shape index (κ2) is 13.8. The number of fused-ring (bicyclic) bond motifs is 1. The molecule has 10 atom stereocenters. The summed E-state index contributed by atoms with van der Waals surface area (Å²) in [6.45, 7) is 4.31. The molecule has 9 N–H and O–H groups in total. The number of allylic oxidation sites excluding steroid dienone is 2. The maximum atomic E-state index is 14.2. The Balaban J connectivity index is 1.64. The van der Waals surface area contributed by atoms with Gasteiger partial charge in [0.1, 0.15) is 64.8 Å². The van der Waals surface area contributed by atoms with Gasteiger partial charge in [0.2, 0.25) is 17.5 Å². The number of aliphatic hydroxyl groups excluding tert-OH is 6. The molecule has 2 aromatic carbocycles. The van der Waals surface area contributed by atoms with Gasteiger partial charge < -0.3 is 69.3 Å². The lowest BCUT2D eigenvalue weighted by molar-refractivity contribution is -0.355. The third-order valence-corrected chi connectivity index (χ3v) is 8.19. The van der Waals surface area contributed by atoms with Crippen LogP contribution < -0.4 is 10.2 Å². The summed E-state index contributed by atoms with van der Waals surface area (Å²) in [6.07, 6.45) is -14.6. The molecule has 47 heavy (non-hydrogen) atoms. The van der Waals surface area contributed by atoms with Gasteiger partial charge in [-0.15, -0.1) is 0 Å². The van der Waals surface area contributed by atoms with Crippen molar-refractivity contribution in [2.24, 2.45) is 0 Å². The van der Waals surface area contributed by atoms with Gasteiger partial charge in [-0.05, 0) is 51.5 Å². The van der Waals surface area contributed by atoms with E-state index in [4.69, 9.17) is 23.4 Å². The molecule has 2 fully saturated rings. The van der Waals surface area contributed by atoms with E-state index in [1.807, 2.05) is 13.8 Å². The van der Waals surface area contributed by atoms with Gasteiger partial charge in [-0.25, -0.2) is 0 Å². The highest BCUT2D eigenvalue weighted by atomic mass is 16.8. The Morgan fingerprint density at radius 1 is 0.872 bits per heavy atom. The van der Waals surface area contributed by atoms with Crippen LogP contribution in [0.2, 0.25) is 0 Å². The number of hydrogen-bond donors (Lipinski definition) is 9. The minimum absolute atomic E-state index is 0.103. The van der Waals surface area contributed by atoms with E-state index in [9.17, 15) is 50.8 Å². The minimum atomic E-state index is -1.89. The molecular formula is C32H38O15. The quantitative estimate of drug-likeness (QED) is 0.145. The average Bonchev–Trinajstić information content (AvgIpc) is 3.02. The summed E-state index contributed by atoms with van der Waals surface area (Å²) in [5.74, 6) is -1.85. The summed E-state index contributed by atoms with van der Waals surface area (Å²) >= 11 is 0. The van der Waals surface area contributed by atoms with Gasteiger partial charge in [-0.3, -0.25) is 4.79 Å². The molecule has 15 heteroatoms. The van der Waals surface area contributed by atoms with Crippen LogP contribution >= 0.6 is 0 Å². The molecule has 2 saturated heterocycles. The van der Waals surface area contributed by atoms with Gasteiger partial charge in [0.25, 0.3) is 0 Å². The average molecular weight is 663 g/mol. The second-order valence-corrected chi connectivity index (χ2v) is 11.8. The topological polar surface area (TPSA) is 249 Å². The zero-order chi connectivity index (χ0) is 34.3. The van der Waals surface area contributed by atoms with Gasteiger partial charge in [-0.2, -0.15) is 0 Å². The van der Waals surface area contributed by atoms with Gasteiger partial charge in [-0.1, -0.05) is 11.6 Å². The molecule has 0 spiro atoms. The highest BCUT2D eigenvalue weighted by Gasteiger charge is 2.51. The number of aliphatic hydroxyl groups is 6. The summed E-state index contributed by atoms with van der Waals surface area (Å²) in [7, 11) is 0. The predicted octanol–water partition coefficient (Wildman–Crippen LogP) is 0.116. The van der Waals surface area contributed by atoms with Crippen molar-refractivity contribution in [1.29, 1.82) is 0 Å². The van der Waals surface area contributed by atoms with Crippen LogP contribution in [0.3, 0.4) is 0 Å². The Morgan fingerprint density at radius 2 is 1.55 bits per heavy atom. The molecule has 0 bridgehead atoms. The maximum Gasteiger partial charge on any atom is 0.239 e. The summed E-state index contributed by atoms with van der Waals surface area (Å²) in [6, 6.07) is 6.45. The van der Waals surface area contributed by atoms with E-state index in [-0.39, 0.29) is 45.8 Å². The molecule has 2 aliphatic rings. The largest absolute Gasteiger partial charge is 0.508 e. The van der Waals surface area contributed by atoms with E-state index in [1.54, 1.807) is 6.08 Å². The number of phenolic OH excluding ortho intramolecular Hbond substituents is 3. The number of aromatic hydroxyl groups is 3. The molecule has 0 saturated carbocycles. The molecule has 5 rings (SSSR count). The van der Waals surface area contributed by atoms with E-state index in [1.165, 1.54) is 31.2 Å². The summed E-state index contributed by atoms with van der Waals surface area (Å²) in [5, 5.41) is 93.3. The number of hydrogen-bond acceptors (Lipinski definition) is 15. The zero-order valence-corrected chi connectivity index (χ0v) is 25.6. The first kappa shape index (κ1) is 34.6. The lowest BCUT2D eigenvalue weighted by Crippen LogP contribution is -2.64. The van der Waals surface area contributed by atoms with Crippen LogP contribution in [0, 0.1) is 0 Å². The molecule has 15 nitrogen and oxygen atoms in total. The van der Waals surface area contributed by atoms with Gasteiger partial charge in [0, 0.05) is 17.2 Å². The third-order valence-electron chi connectivity index (χ3n) is 8.19. The molecule has 0 amide bonds. The van der Waals surface area contributed by atoms with Crippen LogP contribution in [0.5, 0.6) is 23.0 Å². The fourth-order valence-corrected chi connectivity index (χ4v) is 5.48. The van der Waals surface area contributed by atoms with Crippen LogP contribution in [-0.2, 0) is 20.6 Å². The Hall–Kier alpha value is -3.77. The summed E-state index contributed by atoms with van der Waals surface area (Å²) < 4.78 is 29.2. The highest BCUT2D eigenvalue weighted by Crippen LogP contribution is 2.40. The van der Waals surface area contributed by atoms with E-state index < -0.39 is 84.9 Å². The molecule has 0 radical (unpaired) electrons. The molecule has 4 unspecified atom stereocenters. The maximum absolute atomic E-state index is 14.2.